The first-order chi connectivity index (χ1) is 8.79. The van der Waals surface area contributed by atoms with E-state index in [-0.39, 0.29) is 0 Å². The number of hydrogen-bond acceptors (Lipinski definition) is 3. The Balaban J connectivity index is 1.94. The van der Waals surface area contributed by atoms with Gasteiger partial charge in [0.15, 0.2) is 0 Å². The fraction of sp³-hybridized carbons (Fsp3) is 0.600. The molecule has 1 atom stereocenters. The third kappa shape index (κ3) is 3.80. The zero-order valence-corrected chi connectivity index (χ0v) is 11.4. The van der Waals surface area contributed by atoms with Crippen molar-refractivity contribution in [3.63, 3.8) is 0 Å². The van der Waals surface area contributed by atoms with Crippen LogP contribution in [0.25, 0.3) is 0 Å². The van der Waals surface area contributed by atoms with Crippen LogP contribution in [0.1, 0.15) is 17.9 Å². The van der Waals surface area contributed by atoms with E-state index < -0.39 is 0 Å². The van der Waals surface area contributed by atoms with Gasteiger partial charge in [-0.3, -0.25) is 0 Å². The lowest BCUT2D eigenvalue weighted by Gasteiger charge is -2.25. The molecule has 18 heavy (non-hydrogen) atoms. The molecule has 100 valence electrons. The molecule has 0 bridgehead atoms. The van der Waals surface area contributed by atoms with Gasteiger partial charge in [-0.25, -0.2) is 0 Å². The van der Waals surface area contributed by atoms with Gasteiger partial charge in [0, 0.05) is 32.1 Å². The molecule has 1 aromatic carbocycles. The molecule has 2 N–H and O–H groups in total. The largest absolute Gasteiger partial charge is 0.330 e. The maximum Gasteiger partial charge on any atom is 0.0110 e. The number of rotatable bonds is 4. The van der Waals surface area contributed by atoms with Crippen LogP contribution in [0.4, 0.5) is 0 Å². The molecule has 1 aliphatic rings. The quantitative estimate of drug-likeness (QED) is 0.872. The van der Waals surface area contributed by atoms with Crippen LogP contribution in [-0.4, -0.2) is 56.1 Å². The number of benzene rings is 1. The lowest BCUT2D eigenvalue weighted by atomic mass is 9.98. The maximum atomic E-state index is 5.95. The standard InChI is InChI=1S/C15H25N3/c1-17-8-5-9-18(11-10-17)13-15(12-16)14-6-3-2-4-7-14/h2-4,6-7,15H,5,8-13,16H2,1H3. The van der Waals surface area contributed by atoms with E-state index in [1.165, 1.54) is 38.2 Å². The topological polar surface area (TPSA) is 32.5 Å². The van der Waals surface area contributed by atoms with E-state index in [0.717, 1.165) is 13.1 Å². The van der Waals surface area contributed by atoms with Crippen molar-refractivity contribution in [2.24, 2.45) is 5.73 Å². The number of nitrogens with zero attached hydrogens (tertiary/aromatic N) is 2. The van der Waals surface area contributed by atoms with Crippen LogP contribution in [0.15, 0.2) is 30.3 Å². The third-order valence-corrected chi connectivity index (χ3v) is 3.85. The van der Waals surface area contributed by atoms with E-state index in [4.69, 9.17) is 5.73 Å². The van der Waals surface area contributed by atoms with Crippen molar-refractivity contribution in [1.82, 2.24) is 9.80 Å². The summed E-state index contributed by atoms with van der Waals surface area (Å²) >= 11 is 0. The number of hydrogen-bond donors (Lipinski definition) is 1. The third-order valence-electron chi connectivity index (χ3n) is 3.85. The summed E-state index contributed by atoms with van der Waals surface area (Å²) in [6, 6.07) is 10.7. The lowest BCUT2D eigenvalue weighted by molar-refractivity contribution is 0.261. The summed E-state index contributed by atoms with van der Waals surface area (Å²) in [4.78, 5) is 4.98. The van der Waals surface area contributed by atoms with E-state index in [1.54, 1.807) is 0 Å². The molecular formula is C15H25N3. The number of nitrogens with two attached hydrogens (primary N) is 1. The zero-order chi connectivity index (χ0) is 12.8. The average molecular weight is 247 g/mol. The molecule has 0 spiro atoms. The fourth-order valence-electron chi connectivity index (χ4n) is 2.64. The SMILES string of the molecule is CN1CCCN(CC(CN)c2ccccc2)CC1. The molecule has 0 aliphatic carbocycles. The maximum absolute atomic E-state index is 5.95. The zero-order valence-electron chi connectivity index (χ0n) is 11.4. The molecule has 0 saturated carbocycles. The highest BCUT2D eigenvalue weighted by Gasteiger charge is 2.17. The Morgan fingerprint density at radius 2 is 1.89 bits per heavy atom. The molecule has 1 unspecified atom stereocenters. The molecule has 0 radical (unpaired) electrons. The van der Waals surface area contributed by atoms with Gasteiger partial charge in [-0.15, -0.1) is 0 Å². The Bertz CT molecular complexity index is 339. The van der Waals surface area contributed by atoms with Crippen molar-refractivity contribution in [2.45, 2.75) is 12.3 Å². The Kier molecular flexibility index (Phi) is 5.17. The Morgan fingerprint density at radius 3 is 2.61 bits per heavy atom. The lowest BCUT2D eigenvalue weighted by Crippen LogP contribution is -2.34. The molecule has 1 aromatic rings. The molecule has 3 heteroatoms. The smallest absolute Gasteiger partial charge is 0.0110 e. The van der Waals surface area contributed by atoms with Gasteiger partial charge in [-0.1, -0.05) is 30.3 Å². The summed E-state index contributed by atoms with van der Waals surface area (Å²) < 4.78 is 0. The second-order valence-electron chi connectivity index (χ2n) is 5.30. The van der Waals surface area contributed by atoms with E-state index in [2.05, 4.69) is 47.2 Å². The first-order valence-corrected chi connectivity index (χ1v) is 6.95. The Labute approximate surface area is 111 Å². The summed E-state index contributed by atoms with van der Waals surface area (Å²) in [6.45, 7) is 6.58. The highest BCUT2D eigenvalue weighted by atomic mass is 15.2. The van der Waals surface area contributed by atoms with Gasteiger partial charge in [0.1, 0.15) is 0 Å². The molecule has 1 aliphatic heterocycles. The predicted molar refractivity (Wildman–Crippen MR) is 76.8 cm³/mol. The molecule has 0 amide bonds. The molecule has 1 saturated heterocycles. The second kappa shape index (κ2) is 6.88. The average Bonchev–Trinajstić information content (AvgIpc) is 2.62. The summed E-state index contributed by atoms with van der Waals surface area (Å²) in [7, 11) is 2.21. The molecule has 3 nitrogen and oxygen atoms in total. The van der Waals surface area contributed by atoms with Gasteiger partial charge in [-0.2, -0.15) is 0 Å². The van der Waals surface area contributed by atoms with Gasteiger partial charge in [0.25, 0.3) is 0 Å². The van der Waals surface area contributed by atoms with Gasteiger partial charge in [0.2, 0.25) is 0 Å². The molecule has 2 rings (SSSR count). The van der Waals surface area contributed by atoms with E-state index in [9.17, 15) is 0 Å². The van der Waals surface area contributed by atoms with E-state index >= 15 is 0 Å². The first-order valence-electron chi connectivity index (χ1n) is 6.95. The van der Waals surface area contributed by atoms with Crippen molar-refractivity contribution in [3.05, 3.63) is 35.9 Å². The van der Waals surface area contributed by atoms with Gasteiger partial charge < -0.3 is 15.5 Å². The second-order valence-corrected chi connectivity index (χ2v) is 5.30. The predicted octanol–water partition coefficient (Wildman–Crippen LogP) is 1.37. The van der Waals surface area contributed by atoms with Crippen LogP contribution in [-0.2, 0) is 0 Å². The van der Waals surface area contributed by atoms with Crippen LogP contribution in [0.5, 0.6) is 0 Å². The van der Waals surface area contributed by atoms with Crippen molar-refractivity contribution < 1.29 is 0 Å². The van der Waals surface area contributed by atoms with Crippen LogP contribution >= 0.6 is 0 Å². The summed E-state index contributed by atoms with van der Waals surface area (Å²) in [6.07, 6.45) is 1.27. The van der Waals surface area contributed by atoms with Crippen LogP contribution in [0.3, 0.4) is 0 Å². The van der Waals surface area contributed by atoms with Crippen molar-refractivity contribution in [3.8, 4) is 0 Å². The normalized spacial score (nSPS) is 20.6. The summed E-state index contributed by atoms with van der Waals surface area (Å²) in [5.41, 5.74) is 7.32. The minimum absolute atomic E-state index is 0.467. The van der Waals surface area contributed by atoms with E-state index in [0.29, 0.717) is 5.92 Å². The minimum atomic E-state index is 0.467. The van der Waals surface area contributed by atoms with Gasteiger partial charge in [-0.05, 0) is 32.1 Å². The van der Waals surface area contributed by atoms with Gasteiger partial charge >= 0.3 is 0 Å². The van der Waals surface area contributed by atoms with Crippen LogP contribution < -0.4 is 5.73 Å². The first kappa shape index (κ1) is 13.5. The van der Waals surface area contributed by atoms with Crippen molar-refractivity contribution >= 4 is 0 Å². The molecule has 1 heterocycles. The molecule has 1 fully saturated rings. The monoisotopic (exact) mass is 247 g/mol. The number of likely N-dealkylation sites (N-methyl/N-ethyl adjacent to an activating group) is 1. The van der Waals surface area contributed by atoms with Crippen molar-refractivity contribution in [1.29, 1.82) is 0 Å². The Morgan fingerprint density at radius 1 is 1.11 bits per heavy atom. The highest BCUT2D eigenvalue weighted by molar-refractivity contribution is 5.20. The summed E-state index contributed by atoms with van der Waals surface area (Å²) in [5.74, 6) is 0.467. The van der Waals surface area contributed by atoms with Crippen LogP contribution in [0, 0.1) is 0 Å². The van der Waals surface area contributed by atoms with Crippen LogP contribution in [0.2, 0.25) is 0 Å². The molecular weight excluding hydrogens is 222 g/mol. The molecule has 0 aromatic heterocycles. The Hall–Kier alpha value is -0.900. The minimum Gasteiger partial charge on any atom is -0.330 e. The highest BCUT2D eigenvalue weighted by Crippen LogP contribution is 2.16. The van der Waals surface area contributed by atoms with E-state index in [1.807, 2.05) is 0 Å². The van der Waals surface area contributed by atoms with Gasteiger partial charge in [0.05, 0.1) is 0 Å². The summed E-state index contributed by atoms with van der Waals surface area (Å²) in [5, 5.41) is 0. The van der Waals surface area contributed by atoms with Crippen molar-refractivity contribution in [2.75, 3.05) is 46.3 Å². The fourth-order valence-corrected chi connectivity index (χ4v) is 2.64.